The van der Waals surface area contributed by atoms with E-state index in [1.165, 1.54) is 12.0 Å². The zero-order valence-corrected chi connectivity index (χ0v) is 13.1. The number of hydrogen-bond donors (Lipinski definition) is 1. The summed E-state index contributed by atoms with van der Waals surface area (Å²) in [7, 11) is 1.52. The molecule has 1 heterocycles. The second-order valence-corrected chi connectivity index (χ2v) is 4.94. The molecule has 1 aromatic rings. The van der Waals surface area contributed by atoms with E-state index in [4.69, 9.17) is 25.8 Å². The van der Waals surface area contributed by atoms with Gasteiger partial charge in [-0.1, -0.05) is 11.6 Å². The molecule has 2 rings (SSSR count). The van der Waals surface area contributed by atoms with E-state index in [0.717, 1.165) is 0 Å². The average molecular weight is 329 g/mol. The molecular weight excluding hydrogens is 312 g/mol. The van der Waals surface area contributed by atoms with Crippen molar-refractivity contribution in [1.82, 2.24) is 5.32 Å². The van der Waals surface area contributed by atoms with Gasteiger partial charge in [0.1, 0.15) is 11.9 Å². The highest BCUT2D eigenvalue weighted by molar-refractivity contribution is 6.32. The van der Waals surface area contributed by atoms with E-state index in [1.54, 1.807) is 25.1 Å². The van der Waals surface area contributed by atoms with Crippen LogP contribution in [0.15, 0.2) is 18.2 Å². The minimum atomic E-state index is -0.538. The summed E-state index contributed by atoms with van der Waals surface area (Å²) in [6.45, 7) is 2.50. The molecule has 1 saturated heterocycles. The van der Waals surface area contributed by atoms with Crippen molar-refractivity contribution in [2.24, 2.45) is 0 Å². The summed E-state index contributed by atoms with van der Waals surface area (Å²) in [6, 6.07) is 5.02. The van der Waals surface area contributed by atoms with Gasteiger partial charge in [0, 0.05) is 5.69 Å². The lowest BCUT2D eigenvalue weighted by molar-refractivity contribution is 0.127. The number of halogens is 1. The number of nitrogens with one attached hydrogen (secondary N) is 1. The Morgan fingerprint density at radius 3 is 2.95 bits per heavy atom. The molecule has 8 heteroatoms. The number of ether oxygens (including phenoxy) is 3. The minimum absolute atomic E-state index is 0.185. The number of amides is 2. The maximum absolute atomic E-state index is 11.9. The number of anilines is 1. The van der Waals surface area contributed by atoms with Gasteiger partial charge in [0.25, 0.3) is 0 Å². The van der Waals surface area contributed by atoms with Crippen LogP contribution in [0.4, 0.5) is 15.3 Å². The Labute approximate surface area is 133 Å². The summed E-state index contributed by atoms with van der Waals surface area (Å²) in [4.78, 5) is 24.6. The topological polar surface area (TPSA) is 77.1 Å². The molecule has 0 bridgehead atoms. The summed E-state index contributed by atoms with van der Waals surface area (Å²) in [5, 5.41) is 2.94. The van der Waals surface area contributed by atoms with Crippen LogP contribution < -0.4 is 15.0 Å². The molecule has 22 heavy (non-hydrogen) atoms. The van der Waals surface area contributed by atoms with Gasteiger partial charge >= 0.3 is 12.2 Å². The zero-order valence-electron chi connectivity index (χ0n) is 12.3. The SMILES string of the molecule is CCOC(=O)NCC1CN(c2ccc(OC)c(Cl)c2)C(=O)O1. The van der Waals surface area contributed by atoms with Crippen molar-refractivity contribution in [1.29, 1.82) is 0 Å². The van der Waals surface area contributed by atoms with Crippen LogP contribution in [0.3, 0.4) is 0 Å². The number of cyclic esters (lactones) is 1. The van der Waals surface area contributed by atoms with Crippen LogP contribution in [0, 0.1) is 0 Å². The molecule has 1 aliphatic heterocycles. The van der Waals surface area contributed by atoms with Crippen LogP contribution in [0.5, 0.6) is 5.75 Å². The summed E-state index contributed by atoms with van der Waals surface area (Å²) < 4.78 is 15.0. The Kier molecular flexibility index (Phi) is 5.32. The third-order valence-corrected chi connectivity index (χ3v) is 3.37. The second-order valence-electron chi connectivity index (χ2n) is 4.54. The predicted octanol–water partition coefficient (Wildman–Crippen LogP) is 2.42. The summed E-state index contributed by atoms with van der Waals surface area (Å²) in [5.41, 5.74) is 0.606. The Balaban J connectivity index is 1.97. The Bertz CT molecular complexity index is 566. The van der Waals surface area contributed by atoms with Crippen molar-refractivity contribution in [3.05, 3.63) is 23.2 Å². The molecular formula is C14H17ClN2O5. The average Bonchev–Trinajstić information content (AvgIpc) is 2.86. The zero-order chi connectivity index (χ0) is 16.1. The largest absolute Gasteiger partial charge is 0.495 e. The van der Waals surface area contributed by atoms with Crippen LogP contribution >= 0.6 is 11.6 Å². The lowest BCUT2D eigenvalue weighted by Crippen LogP contribution is -2.34. The van der Waals surface area contributed by atoms with E-state index in [9.17, 15) is 9.59 Å². The van der Waals surface area contributed by atoms with Crippen molar-refractivity contribution in [3.63, 3.8) is 0 Å². The number of rotatable bonds is 5. The first-order valence-corrected chi connectivity index (χ1v) is 7.15. The molecule has 1 unspecified atom stereocenters. The number of hydrogen-bond acceptors (Lipinski definition) is 5. The van der Waals surface area contributed by atoms with Crippen LogP contribution in [0.25, 0.3) is 0 Å². The molecule has 1 N–H and O–H groups in total. The third kappa shape index (κ3) is 3.73. The minimum Gasteiger partial charge on any atom is -0.495 e. The molecule has 1 fully saturated rings. The molecule has 0 saturated carbocycles. The van der Waals surface area contributed by atoms with Crippen molar-refractivity contribution < 1.29 is 23.8 Å². The highest BCUT2D eigenvalue weighted by Gasteiger charge is 2.32. The second kappa shape index (κ2) is 7.22. The van der Waals surface area contributed by atoms with E-state index >= 15 is 0 Å². The molecule has 2 amide bonds. The number of methoxy groups -OCH3 is 1. The van der Waals surface area contributed by atoms with E-state index < -0.39 is 18.3 Å². The van der Waals surface area contributed by atoms with Gasteiger partial charge in [-0.05, 0) is 25.1 Å². The van der Waals surface area contributed by atoms with Gasteiger partial charge in [0.2, 0.25) is 0 Å². The molecule has 0 aliphatic carbocycles. The van der Waals surface area contributed by atoms with E-state index in [0.29, 0.717) is 23.0 Å². The number of carbonyl (C=O) groups is 2. The highest BCUT2D eigenvalue weighted by atomic mass is 35.5. The summed E-state index contributed by atoms with van der Waals surface area (Å²) in [5.74, 6) is 0.526. The maximum Gasteiger partial charge on any atom is 0.414 e. The first-order valence-electron chi connectivity index (χ1n) is 6.77. The van der Waals surface area contributed by atoms with E-state index in [2.05, 4.69) is 5.32 Å². The molecule has 0 radical (unpaired) electrons. The van der Waals surface area contributed by atoms with Gasteiger partial charge in [-0.3, -0.25) is 4.90 Å². The first kappa shape index (κ1) is 16.2. The number of alkyl carbamates (subject to hydrolysis) is 1. The quantitative estimate of drug-likeness (QED) is 0.898. The monoisotopic (exact) mass is 328 g/mol. The van der Waals surface area contributed by atoms with Crippen molar-refractivity contribution in [3.8, 4) is 5.75 Å². The van der Waals surface area contributed by atoms with Gasteiger partial charge in [-0.25, -0.2) is 9.59 Å². The van der Waals surface area contributed by atoms with Crippen molar-refractivity contribution in [2.75, 3.05) is 31.7 Å². The van der Waals surface area contributed by atoms with Gasteiger partial charge in [0.05, 0.1) is 31.8 Å². The number of benzene rings is 1. The fourth-order valence-electron chi connectivity index (χ4n) is 2.04. The predicted molar refractivity (Wildman–Crippen MR) is 80.6 cm³/mol. The fourth-order valence-corrected chi connectivity index (χ4v) is 2.29. The van der Waals surface area contributed by atoms with Crippen molar-refractivity contribution >= 4 is 29.5 Å². The normalized spacial score (nSPS) is 17.1. The highest BCUT2D eigenvalue weighted by Crippen LogP contribution is 2.31. The smallest absolute Gasteiger partial charge is 0.414 e. The first-order chi connectivity index (χ1) is 10.5. The number of nitrogens with zero attached hydrogens (tertiary/aromatic N) is 1. The fraction of sp³-hybridized carbons (Fsp3) is 0.429. The van der Waals surface area contributed by atoms with Crippen molar-refractivity contribution in [2.45, 2.75) is 13.0 Å². The lowest BCUT2D eigenvalue weighted by atomic mass is 10.2. The number of carbonyl (C=O) groups excluding carboxylic acids is 2. The molecule has 1 aromatic carbocycles. The van der Waals surface area contributed by atoms with Gasteiger partial charge in [0.15, 0.2) is 0 Å². The van der Waals surface area contributed by atoms with Crippen LogP contribution in [0.1, 0.15) is 6.92 Å². The van der Waals surface area contributed by atoms with E-state index in [1.807, 2.05) is 0 Å². The molecule has 0 aromatic heterocycles. The van der Waals surface area contributed by atoms with Crippen LogP contribution in [-0.2, 0) is 9.47 Å². The molecule has 120 valence electrons. The Morgan fingerprint density at radius 2 is 2.32 bits per heavy atom. The molecule has 0 spiro atoms. The van der Waals surface area contributed by atoms with Crippen LogP contribution in [-0.4, -0.2) is 45.1 Å². The lowest BCUT2D eigenvalue weighted by Gasteiger charge is -2.14. The summed E-state index contributed by atoms with van der Waals surface area (Å²) in [6.07, 6.45) is -1.47. The van der Waals surface area contributed by atoms with E-state index in [-0.39, 0.29) is 13.2 Å². The standard InChI is InChI=1S/C14H17ClN2O5/c1-3-21-13(18)16-7-10-8-17(14(19)22-10)9-4-5-12(20-2)11(15)6-9/h4-6,10H,3,7-8H2,1-2H3,(H,16,18). The van der Waals surface area contributed by atoms with Gasteiger partial charge < -0.3 is 19.5 Å². The maximum atomic E-state index is 11.9. The molecule has 1 atom stereocenters. The Hall–Kier alpha value is -2.15. The molecule has 1 aliphatic rings. The summed E-state index contributed by atoms with van der Waals surface area (Å²) >= 11 is 6.05. The van der Waals surface area contributed by atoms with Crippen LogP contribution in [0.2, 0.25) is 5.02 Å². The molecule has 7 nitrogen and oxygen atoms in total. The van der Waals surface area contributed by atoms with Gasteiger partial charge in [-0.2, -0.15) is 0 Å². The Morgan fingerprint density at radius 1 is 1.55 bits per heavy atom. The van der Waals surface area contributed by atoms with Gasteiger partial charge in [-0.15, -0.1) is 0 Å². The third-order valence-electron chi connectivity index (χ3n) is 3.07.